The highest BCUT2D eigenvalue weighted by molar-refractivity contribution is 5.98. The van der Waals surface area contributed by atoms with Gasteiger partial charge in [-0.3, -0.25) is 9.59 Å². The number of nitrogens with one attached hydrogen (secondary N) is 2. The van der Waals surface area contributed by atoms with Crippen LogP contribution in [0.3, 0.4) is 0 Å². The highest BCUT2D eigenvalue weighted by atomic mass is 16.5. The quantitative estimate of drug-likeness (QED) is 0.519. The highest BCUT2D eigenvalue weighted by Crippen LogP contribution is 2.27. The zero-order chi connectivity index (χ0) is 24.1. The zero-order valence-electron chi connectivity index (χ0n) is 20.1. The molecule has 0 aliphatic carbocycles. The second-order valence-electron chi connectivity index (χ2n) is 8.85. The molecule has 0 radical (unpaired) electrons. The Balaban J connectivity index is 1.27. The van der Waals surface area contributed by atoms with Crippen LogP contribution in [0.1, 0.15) is 42.7 Å². The van der Waals surface area contributed by atoms with Crippen LogP contribution in [0.25, 0.3) is 10.9 Å². The number of H-pyrrole nitrogens is 1. The summed E-state index contributed by atoms with van der Waals surface area (Å²) in [5, 5.41) is 4.04. The molecular formula is C27H33N3O4. The predicted molar refractivity (Wildman–Crippen MR) is 132 cm³/mol. The first-order valence-corrected chi connectivity index (χ1v) is 11.9. The number of methoxy groups -OCH3 is 1. The average molecular weight is 464 g/mol. The molecule has 1 saturated heterocycles. The Hall–Kier alpha value is -3.48. The van der Waals surface area contributed by atoms with Crippen LogP contribution in [0.2, 0.25) is 0 Å². The van der Waals surface area contributed by atoms with Crippen molar-refractivity contribution in [2.75, 3.05) is 26.8 Å². The van der Waals surface area contributed by atoms with Gasteiger partial charge in [0, 0.05) is 42.5 Å². The van der Waals surface area contributed by atoms with Crippen LogP contribution in [0.15, 0.2) is 48.5 Å². The molecule has 180 valence electrons. The van der Waals surface area contributed by atoms with Gasteiger partial charge in [0.25, 0.3) is 5.91 Å². The maximum Gasteiger partial charge on any atom is 0.270 e. The normalized spacial score (nSPS) is 15.2. The number of ether oxygens (including phenoxy) is 2. The third-order valence-electron chi connectivity index (χ3n) is 6.71. The number of aromatic amines is 1. The summed E-state index contributed by atoms with van der Waals surface area (Å²) >= 11 is 0. The van der Waals surface area contributed by atoms with Crippen molar-refractivity contribution < 1.29 is 19.1 Å². The Bertz CT molecular complexity index is 1130. The number of hydrogen-bond donors (Lipinski definition) is 2. The van der Waals surface area contributed by atoms with Gasteiger partial charge in [0.05, 0.1) is 13.7 Å². The monoisotopic (exact) mass is 463 g/mol. The Morgan fingerprint density at radius 1 is 1.09 bits per heavy atom. The van der Waals surface area contributed by atoms with Crippen LogP contribution >= 0.6 is 0 Å². The number of aromatic nitrogens is 1. The maximum absolute atomic E-state index is 13.0. The number of benzene rings is 2. The van der Waals surface area contributed by atoms with Crippen molar-refractivity contribution in [3.8, 4) is 11.5 Å². The van der Waals surface area contributed by atoms with Crippen molar-refractivity contribution >= 4 is 22.7 Å². The minimum absolute atomic E-state index is 0.00113. The summed E-state index contributed by atoms with van der Waals surface area (Å²) < 4.78 is 10.7. The fourth-order valence-electron chi connectivity index (χ4n) is 4.56. The van der Waals surface area contributed by atoms with Gasteiger partial charge in [-0.2, -0.15) is 0 Å². The number of carbonyl (C=O) groups is 2. The molecule has 1 aliphatic heterocycles. The average Bonchev–Trinajstić information content (AvgIpc) is 3.31. The summed E-state index contributed by atoms with van der Waals surface area (Å²) in [7, 11) is 1.63. The van der Waals surface area contributed by atoms with Crippen molar-refractivity contribution in [2.45, 2.75) is 33.2 Å². The molecule has 3 aromatic rings. The van der Waals surface area contributed by atoms with Crippen molar-refractivity contribution in [1.82, 2.24) is 15.2 Å². The summed E-state index contributed by atoms with van der Waals surface area (Å²) in [4.78, 5) is 30.9. The van der Waals surface area contributed by atoms with E-state index in [1.165, 1.54) is 0 Å². The maximum atomic E-state index is 13.0. The van der Waals surface area contributed by atoms with E-state index in [1.54, 1.807) is 7.11 Å². The van der Waals surface area contributed by atoms with Crippen LogP contribution in [0.4, 0.5) is 0 Å². The van der Waals surface area contributed by atoms with Crippen molar-refractivity contribution in [3.63, 3.8) is 0 Å². The summed E-state index contributed by atoms with van der Waals surface area (Å²) in [5.41, 5.74) is 2.51. The van der Waals surface area contributed by atoms with Gasteiger partial charge in [0.1, 0.15) is 17.2 Å². The van der Waals surface area contributed by atoms with Crippen LogP contribution in [-0.2, 0) is 11.3 Å². The van der Waals surface area contributed by atoms with Gasteiger partial charge in [-0.15, -0.1) is 0 Å². The van der Waals surface area contributed by atoms with E-state index in [4.69, 9.17) is 9.47 Å². The summed E-state index contributed by atoms with van der Waals surface area (Å²) in [5.74, 6) is 1.81. The van der Waals surface area contributed by atoms with E-state index in [9.17, 15) is 9.59 Å². The first-order chi connectivity index (χ1) is 16.5. The molecule has 2 aromatic carbocycles. The highest BCUT2D eigenvalue weighted by Gasteiger charge is 2.30. The molecule has 7 nitrogen and oxygen atoms in total. The lowest BCUT2D eigenvalue weighted by Crippen LogP contribution is -2.42. The van der Waals surface area contributed by atoms with Crippen LogP contribution < -0.4 is 14.8 Å². The fourth-order valence-corrected chi connectivity index (χ4v) is 4.56. The summed E-state index contributed by atoms with van der Waals surface area (Å²) in [6, 6.07) is 15.4. The lowest BCUT2D eigenvalue weighted by Gasteiger charge is -2.34. The van der Waals surface area contributed by atoms with E-state index in [0.29, 0.717) is 31.9 Å². The second kappa shape index (κ2) is 10.6. The molecule has 1 fully saturated rings. The molecule has 0 spiro atoms. The first kappa shape index (κ1) is 23.7. The first-order valence-electron chi connectivity index (χ1n) is 11.9. The molecular weight excluding hydrogens is 430 g/mol. The molecule has 0 saturated carbocycles. The van der Waals surface area contributed by atoms with Crippen molar-refractivity contribution in [2.24, 2.45) is 11.8 Å². The molecule has 0 bridgehead atoms. The second-order valence-corrected chi connectivity index (χ2v) is 8.85. The lowest BCUT2D eigenvalue weighted by atomic mass is 9.84. The van der Waals surface area contributed by atoms with E-state index in [2.05, 4.69) is 10.3 Å². The number of nitrogens with zero attached hydrogens (tertiary/aromatic N) is 1. The third kappa shape index (κ3) is 5.35. The molecule has 1 aromatic heterocycles. The SMILES string of the molecule is CCOc1ccc(CNC(=O)[C@H](C)C2CCN(C(=O)c3cc4ccc(OC)cc4[nH]3)CC2)cc1. The Morgan fingerprint density at radius 3 is 2.47 bits per heavy atom. The molecule has 2 amide bonds. The number of likely N-dealkylation sites (tertiary alicyclic amines) is 1. The number of amides is 2. The van der Waals surface area contributed by atoms with Gasteiger partial charge in [-0.05, 0) is 61.6 Å². The van der Waals surface area contributed by atoms with Gasteiger partial charge in [0.15, 0.2) is 0 Å². The Kier molecular flexibility index (Phi) is 7.40. The van der Waals surface area contributed by atoms with E-state index in [0.717, 1.165) is 40.8 Å². The van der Waals surface area contributed by atoms with Crippen LogP contribution in [-0.4, -0.2) is 48.5 Å². The smallest absolute Gasteiger partial charge is 0.270 e. The number of carbonyl (C=O) groups excluding carboxylic acids is 2. The van der Waals surface area contributed by atoms with Gasteiger partial charge in [0.2, 0.25) is 5.91 Å². The molecule has 4 rings (SSSR count). The van der Waals surface area contributed by atoms with E-state index in [-0.39, 0.29) is 23.7 Å². The number of fused-ring (bicyclic) bond motifs is 1. The third-order valence-corrected chi connectivity index (χ3v) is 6.71. The molecule has 1 atom stereocenters. The van der Waals surface area contributed by atoms with Crippen LogP contribution in [0.5, 0.6) is 11.5 Å². The standard InChI is InChI=1S/C27H33N3O4/c1-4-34-22-8-5-19(6-9-22)17-28-26(31)18(2)20-11-13-30(14-12-20)27(32)25-15-21-7-10-23(33-3)16-24(21)29-25/h5-10,15-16,18,20,29H,4,11-14,17H2,1-3H3,(H,28,31)/t18-/m1/s1. The Morgan fingerprint density at radius 2 is 1.79 bits per heavy atom. The van der Waals surface area contributed by atoms with Crippen molar-refractivity contribution in [3.05, 3.63) is 59.8 Å². The molecule has 1 aliphatic rings. The molecule has 7 heteroatoms. The van der Waals surface area contributed by atoms with Gasteiger partial charge >= 0.3 is 0 Å². The topological polar surface area (TPSA) is 83.7 Å². The van der Waals surface area contributed by atoms with Gasteiger partial charge < -0.3 is 24.7 Å². The number of piperidine rings is 1. The van der Waals surface area contributed by atoms with Gasteiger partial charge in [-0.1, -0.05) is 19.1 Å². The van der Waals surface area contributed by atoms with Gasteiger partial charge in [-0.25, -0.2) is 0 Å². The van der Waals surface area contributed by atoms with E-state index < -0.39 is 0 Å². The molecule has 2 N–H and O–H groups in total. The zero-order valence-corrected chi connectivity index (χ0v) is 20.1. The fraction of sp³-hybridized carbons (Fsp3) is 0.407. The predicted octanol–water partition coefficient (Wildman–Crippen LogP) is 4.38. The summed E-state index contributed by atoms with van der Waals surface area (Å²) in [6.45, 7) is 6.38. The lowest BCUT2D eigenvalue weighted by molar-refractivity contribution is -0.126. The van der Waals surface area contributed by atoms with Crippen LogP contribution in [0, 0.1) is 11.8 Å². The van der Waals surface area contributed by atoms with Crippen molar-refractivity contribution in [1.29, 1.82) is 0 Å². The molecule has 34 heavy (non-hydrogen) atoms. The minimum Gasteiger partial charge on any atom is -0.497 e. The number of hydrogen-bond acceptors (Lipinski definition) is 4. The largest absolute Gasteiger partial charge is 0.497 e. The minimum atomic E-state index is -0.0968. The number of rotatable bonds is 8. The van der Waals surface area contributed by atoms with E-state index >= 15 is 0 Å². The molecule has 0 unspecified atom stereocenters. The molecule has 2 heterocycles. The Labute approximate surface area is 200 Å². The van der Waals surface area contributed by atoms with E-state index in [1.807, 2.05) is 67.3 Å². The summed E-state index contributed by atoms with van der Waals surface area (Å²) in [6.07, 6.45) is 1.63.